The highest BCUT2D eigenvalue weighted by Gasteiger charge is 2.35. The van der Waals surface area contributed by atoms with E-state index in [9.17, 15) is 29.1 Å². The smallest absolute Gasteiger partial charge is 0.326 e. The van der Waals surface area contributed by atoms with E-state index >= 15 is 0 Å². The number of hydrogen-bond acceptors (Lipinski definition) is 7. The second-order valence-electron chi connectivity index (χ2n) is 14.3. The van der Waals surface area contributed by atoms with Gasteiger partial charge in [-0.05, 0) is 112 Å². The lowest BCUT2D eigenvalue weighted by atomic mass is 9.88. The fourth-order valence-electron chi connectivity index (χ4n) is 7.02. The van der Waals surface area contributed by atoms with Crippen LogP contribution in [0.1, 0.15) is 117 Å². The molecule has 4 rings (SSSR count). The number of nitrogens with two attached hydrogens (primary N) is 1. The minimum absolute atomic E-state index is 0.223. The summed E-state index contributed by atoms with van der Waals surface area (Å²) < 4.78 is 5.60. The first-order valence-electron chi connectivity index (χ1n) is 19.2. The Balaban J connectivity index is 1.58. The van der Waals surface area contributed by atoms with Crippen molar-refractivity contribution in [2.45, 2.75) is 115 Å². The Hall–Kier alpha value is -4.97. The molecule has 1 heterocycles. The van der Waals surface area contributed by atoms with Crippen molar-refractivity contribution in [3.8, 4) is 5.75 Å². The van der Waals surface area contributed by atoms with E-state index in [1.807, 2.05) is 18.2 Å². The third-order valence-electron chi connectivity index (χ3n) is 10.3. The summed E-state index contributed by atoms with van der Waals surface area (Å²) in [5.74, 6) is -2.53. The maximum atomic E-state index is 14.4. The number of aliphatic carboxylic acids is 1. The summed E-state index contributed by atoms with van der Waals surface area (Å²) in [6, 6.07) is 8.30. The van der Waals surface area contributed by atoms with Gasteiger partial charge in [0.1, 0.15) is 29.9 Å². The highest BCUT2D eigenvalue weighted by molar-refractivity contribution is 5.99. The number of aryl methyl sites for hydroxylation is 1. The van der Waals surface area contributed by atoms with Gasteiger partial charge in [0.05, 0.1) is 7.11 Å². The molecule has 5 atom stereocenters. The van der Waals surface area contributed by atoms with E-state index in [-0.39, 0.29) is 12.3 Å². The fraction of sp³-hybridized carbons (Fsp3) is 0.500. The van der Waals surface area contributed by atoms with E-state index in [2.05, 4.69) is 41.1 Å². The molecule has 0 aromatic heterocycles. The molecule has 12 heteroatoms. The molecular formula is C42H57N5O7. The van der Waals surface area contributed by atoms with Crippen LogP contribution < -0.4 is 26.4 Å². The maximum Gasteiger partial charge on any atom is 0.326 e. The molecule has 0 saturated heterocycles. The van der Waals surface area contributed by atoms with Crippen molar-refractivity contribution < 1.29 is 33.8 Å². The maximum absolute atomic E-state index is 14.4. The summed E-state index contributed by atoms with van der Waals surface area (Å²) in [7, 11) is 3.05. The predicted molar refractivity (Wildman–Crippen MR) is 208 cm³/mol. The molecule has 2 bridgehead atoms. The van der Waals surface area contributed by atoms with E-state index in [1.165, 1.54) is 30.9 Å². The average Bonchev–Trinajstić information content (AvgIpc) is 3.17. The Kier molecular flexibility index (Phi) is 15.8. The number of unbranched alkanes of at least 4 members (excludes halogenated alkanes) is 2. The Morgan fingerprint density at radius 1 is 1.02 bits per heavy atom. The molecule has 292 valence electrons. The van der Waals surface area contributed by atoms with Crippen molar-refractivity contribution >= 4 is 29.6 Å². The summed E-state index contributed by atoms with van der Waals surface area (Å²) in [6.07, 6.45) is 14.4. The van der Waals surface area contributed by atoms with Crippen LogP contribution in [-0.4, -0.2) is 78.4 Å². The minimum Gasteiger partial charge on any atom is -0.496 e. The van der Waals surface area contributed by atoms with Crippen LogP contribution in [-0.2, 0) is 25.6 Å². The van der Waals surface area contributed by atoms with Crippen LogP contribution in [0.25, 0.3) is 0 Å². The average molecular weight is 744 g/mol. The van der Waals surface area contributed by atoms with Crippen molar-refractivity contribution in [1.29, 1.82) is 0 Å². The third-order valence-corrected chi connectivity index (χ3v) is 10.3. The van der Waals surface area contributed by atoms with Crippen molar-refractivity contribution in [3.63, 3.8) is 0 Å². The van der Waals surface area contributed by atoms with Crippen LogP contribution in [0.4, 0.5) is 0 Å². The number of amides is 4. The van der Waals surface area contributed by atoms with Gasteiger partial charge in [-0.3, -0.25) is 19.2 Å². The quantitative estimate of drug-likeness (QED) is 0.166. The van der Waals surface area contributed by atoms with E-state index in [0.717, 1.165) is 30.4 Å². The lowest BCUT2D eigenvalue weighted by Crippen LogP contribution is -2.54. The number of likely N-dealkylation sites (N-methyl/N-ethyl adjacent to an activating group) is 1. The number of carboxylic acids is 1. The number of carbonyl (C=O) groups is 5. The molecule has 2 aliphatic rings. The fourth-order valence-corrected chi connectivity index (χ4v) is 7.02. The lowest BCUT2D eigenvalue weighted by Gasteiger charge is -2.32. The largest absolute Gasteiger partial charge is 0.496 e. The Morgan fingerprint density at radius 2 is 1.76 bits per heavy atom. The standard InChI is InChI=1S/C42H57N5O7/c1-5-6-11-28-15-17-29(18-16-28)30-19-21-31(22-20-30)39(49)45-34(13-9-10-25-43)41(51)47(3)37-33-23-24-36(54-4)32(26-33)12-7-8-14-35(42(52)53)46-38(48)27(2)44-40(37)50/h15-17,19-24,26-27,29,34-35,37H,5-14,18,25,43H2,1-4H3,(H,44,50)(H,45,49)(H,46,48)(H,52,53)/t27-,29?,34-,35-,37-/m0/s1. The number of fused-ring (bicyclic) bond motifs is 2. The van der Waals surface area contributed by atoms with Gasteiger partial charge in [0.15, 0.2) is 0 Å². The van der Waals surface area contributed by atoms with Crippen LogP contribution in [0.3, 0.4) is 0 Å². The lowest BCUT2D eigenvalue weighted by molar-refractivity contribution is -0.143. The molecule has 6 N–H and O–H groups in total. The van der Waals surface area contributed by atoms with Gasteiger partial charge in [-0.2, -0.15) is 0 Å². The number of methoxy groups -OCH3 is 1. The molecule has 0 saturated carbocycles. The number of allylic oxidation sites excluding steroid dienone is 4. The number of nitrogens with zero attached hydrogens (tertiary/aromatic N) is 1. The number of hydrogen-bond donors (Lipinski definition) is 5. The number of carbonyl (C=O) groups excluding carboxylic acids is 4. The van der Waals surface area contributed by atoms with Crippen molar-refractivity contribution in [3.05, 3.63) is 88.5 Å². The Morgan fingerprint density at radius 3 is 2.41 bits per heavy atom. The van der Waals surface area contributed by atoms with Crippen LogP contribution >= 0.6 is 0 Å². The highest BCUT2D eigenvalue weighted by Crippen LogP contribution is 2.30. The topological polar surface area (TPSA) is 180 Å². The van der Waals surface area contributed by atoms with E-state index in [1.54, 1.807) is 31.4 Å². The van der Waals surface area contributed by atoms with Crippen molar-refractivity contribution in [1.82, 2.24) is 20.9 Å². The number of nitrogens with one attached hydrogen (secondary N) is 3. The number of ether oxygens (including phenoxy) is 1. The molecule has 1 aliphatic carbocycles. The molecular weight excluding hydrogens is 686 g/mol. The van der Waals surface area contributed by atoms with Gasteiger partial charge < -0.3 is 36.4 Å². The molecule has 12 nitrogen and oxygen atoms in total. The highest BCUT2D eigenvalue weighted by atomic mass is 16.5. The summed E-state index contributed by atoms with van der Waals surface area (Å²) in [4.78, 5) is 68.3. The third kappa shape index (κ3) is 11.3. The zero-order chi connectivity index (χ0) is 39.2. The molecule has 0 spiro atoms. The molecule has 2 aromatic rings. The molecule has 2 aromatic carbocycles. The SMILES string of the molecule is CCCCC1=CCC(c2ccc(C(=O)N[C@@H](CCCCN)C(=O)N(C)[C@@H]3C(=O)N[C@@H](C)C(=O)N[C@H](C(=O)O)CCCCc4cc3ccc4OC)cc2)C=C1. The van der Waals surface area contributed by atoms with Gasteiger partial charge in [0.2, 0.25) is 17.7 Å². The van der Waals surface area contributed by atoms with Gasteiger partial charge in [-0.1, -0.05) is 61.8 Å². The van der Waals surface area contributed by atoms with Gasteiger partial charge in [0, 0.05) is 18.5 Å². The molecule has 0 fully saturated rings. The summed E-state index contributed by atoms with van der Waals surface area (Å²) >= 11 is 0. The van der Waals surface area contributed by atoms with Crippen LogP contribution in [0.2, 0.25) is 0 Å². The number of carboxylic acid groups (broad SMARTS) is 1. The number of rotatable bonds is 14. The van der Waals surface area contributed by atoms with Gasteiger partial charge in [-0.15, -0.1) is 0 Å². The summed E-state index contributed by atoms with van der Waals surface area (Å²) in [5, 5.41) is 17.9. The van der Waals surface area contributed by atoms with Gasteiger partial charge >= 0.3 is 5.97 Å². The molecule has 1 aliphatic heterocycles. The Labute approximate surface area is 319 Å². The van der Waals surface area contributed by atoms with E-state index in [4.69, 9.17) is 10.5 Å². The predicted octanol–water partition coefficient (Wildman–Crippen LogP) is 5.08. The van der Waals surface area contributed by atoms with Crippen molar-refractivity contribution in [2.24, 2.45) is 5.73 Å². The number of benzene rings is 2. The first-order chi connectivity index (χ1) is 26.0. The van der Waals surface area contributed by atoms with Gasteiger partial charge in [-0.25, -0.2) is 4.79 Å². The summed E-state index contributed by atoms with van der Waals surface area (Å²) in [6.45, 7) is 4.07. The van der Waals surface area contributed by atoms with Gasteiger partial charge in [0.25, 0.3) is 5.91 Å². The van der Waals surface area contributed by atoms with E-state index < -0.39 is 53.8 Å². The second-order valence-corrected chi connectivity index (χ2v) is 14.3. The zero-order valence-electron chi connectivity index (χ0n) is 32.1. The minimum atomic E-state index is -1.19. The van der Waals surface area contributed by atoms with Crippen molar-refractivity contribution in [2.75, 3.05) is 20.7 Å². The molecule has 54 heavy (non-hydrogen) atoms. The molecule has 4 amide bonds. The van der Waals surface area contributed by atoms with Crippen LogP contribution in [0, 0.1) is 0 Å². The van der Waals surface area contributed by atoms with E-state index in [0.29, 0.717) is 61.9 Å². The first-order valence-corrected chi connectivity index (χ1v) is 19.2. The Bertz CT molecular complexity index is 1690. The first kappa shape index (κ1) is 41.8. The van der Waals surface area contributed by atoms with Crippen LogP contribution in [0.5, 0.6) is 5.75 Å². The van der Waals surface area contributed by atoms with Crippen LogP contribution in [0.15, 0.2) is 66.3 Å². The molecule has 0 radical (unpaired) electrons. The summed E-state index contributed by atoms with van der Waals surface area (Å²) in [5.41, 5.74) is 9.94. The zero-order valence-corrected chi connectivity index (χ0v) is 32.1. The second kappa shape index (κ2) is 20.5. The molecule has 1 unspecified atom stereocenters. The normalized spacial score (nSPS) is 21.1. The monoisotopic (exact) mass is 743 g/mol.